The molecule has 5 rings (SSSR count). The van der Waals surface area contributed by atoms with Gasteiger partial charge in [-0.2, -0.15) is 4.99 Å². The summed E-state index contributed by atoms with van der Waals surface area (Å²) in [6, 6.07) is 24.5. The van der Waals surface area contributed by atoms with Crippen LogP contribution in [0, 0.1) is 0 Å². The zero-order valence-corrected chi connectivity index (χ0v) is 17.3. The second-order valence-electron chi connectivity index (χ2n) is 8.08. The number of benzene rings is 2. The van der Waals surface area contributed by atoms with Crippen LogP contribution in [0.4, 0.5) is 11.4 Å². The zero-order chi connectivity index (χ0) is 19.7. The fourth-order valence-electron chi connectivity index (χ4n) is 5.00. The van der Waals surface area contributed by atoms with Gasteiger partial charge in [0.05, 0.1) is 4.88 Å². The van der Waals surface area contributed by atoms with Crippen LogP contribution in [-0.4, -0.2) is 24.6 Å². The molecule has 3 aromatic rings. The Balaban J connectivity index is 1.49. The Morgan fingerprint density at radius 3 is 2.69 bits per heavy atom. The predicted octanol–water partition coefficient (Wildman–Crippen LogP) is 4.58. The smallest absolute Gasteiger partial charge is 0.306 e. The van der Waals surface area contributed by atoms with E-state index in [0.29, 0.717) is 16.6 Å². The minimum absolute atomic E-state index is 0.416. The summed E-state index contributed by atoms with van der Waals surface area (Å²) in [6.07, 6.45) is 3.24. The molecule has 29 heavy (non-hydrogen) atoms. The maximum atomic E-state index is 6.72. The van der Waals surface area contributed by atoms with E-state index in [1.54, 1.807) is 0 Å². The van der Waals surface area contributed by atoms with Gasteiger partial charge in [-0.15, -0.1) is 11.3 Å². The summed E-state index contributed by atoms with van der Waals surface area (Å²) >= 11 is 1.81. The van der Waals surface area contributed by atoms with Crippen molar-refractivity contribution in [2.75, 3.05) is 6.54 Å². The first-order chi connectivity index (χ1) is 14.3. The van der Waals surface area contributed by atoms with E-state index in [-0.39, 0.29) is 0 Å². The van der Waals surface area contributed by atoms with Crippen LogP contribution in [-0.2, 0) is 13.0 Å². The van der Waals surface area contributed by atoms with Crippen molar-refractivity contribution in [1.29, 1.82) is 0 Å². The lowest BCUT2D eigenvalue weighted by atomic mass is 9.91. The summed E-state index contributed by atoms with van der Waals surface area (Å²) < 4.78 is 0.670. The van der Waals surface area contributed by atoms with E-state index in [1.165, 1.54) is 16.1 Å². The van der Waals surface area contributed by atoms with Crippen LogP contribution in [0.1, 0.15) is 23.3 Å². The molecule has 0 radical (unpaired) electrons. The number of nitrogens with two attached hydrogens (primary N) is 1. The first-order valence-electron chi connectivity index (χ1n) is 10.4. The highest BCUT2D eigenvalue weighted by molar-refractivity contribution is 7.09. The van der Waals surface area contributed by atoms with Gasteiger partial charge in [0.2, 0.25) is 0 Å². The van der Waals surface area contributed by atoms with Crippen molar-refractivity contribution in [1.82, 2.24) is 9.80 Å². The van der Waals surface area contributed by atoms with Crippen molar-refractivity contribution in [3.63, 3.8) is 0 Å². The molecule has 3 atom stereocenters. The Kier molecular flexibility index (Phi) is 4.96. The Hall–Kier alpha value is -2.47. The summed E-state index contributed by atoms with van der Waals surface area (Å²) in [6.45, 7) is 1.90. The average molecular weight is 404 g/mol. The van der Waals surface area contributed by atoms with Crippen molar-refractivity contribution >= 4 is 28.7 Å². The normalized spacial score (nSPS) is 26.1. The molecule has 1 saturated heterocycles. The van der Waals surface area contributed by atoms with Gasteiger partial charge in [0.1, 0.15) is 18.3 Å². The number of nitrogens with one attached hydrogen (secondary N) is 1. The molecule has 2 aliphatic rings. The minimum Gasteiger partial charge on any atom is -0.337 e. The topological polar surface area (TPSA) is 50.4 Å². The molecule has 0 bridgehead atoms. The number of rotatable bonds is 5. The van der Waals surface area contributed by atoms with Gasteiger partial charge in [0, 0.05) is 31.5 Å². The number of aliphatic imine (C=N–C) groups is 1. The lowest BCUT2D eigenvalue weighted by Gasteiger charge is -2.44. The van der Waals surface area contributed by atoms with Gasteiger partial charge in [0.25, 0.3) is 0 Å². The van der Waals surface area contributed by atoms with Gasteiger partial charge in [0.15, 0.2) is 5.69 Å². The number of piperidine rings is 1. The number of fused-ring (bicyclic) bond motifs is 1. The number of guanidine groups is 1. The monoisotopic (exact) mass is 403 g/mol. The Morgan fingerprint density at radius 2 is 1.86 bits per heavy atom. The molecule has 0 aliphatic carbocycles. The van der Waals surface area contributed by atoms with E-state index < -0.39 is 0 Å². The summed E-state index contributed by atoms with van der Waals surface area (Å²) in [5.74, 6) is 0.741. The molecular weight excluding hydrogens is 376 g/mol. The van der Waals surface area contributed by atoms with E-state index in [2.05, 4.69) is 77.4 Å². The van der Waals surface area contributed by atoms with Crippen molar-refractivity contribution in [2.45, 2.75) is 37.9 Å². The van der Waals surface area contributed by atoms with Crippen LogP contribution in [0.3, 0.4) is 0 Å². The fraction of sp³-hybridized carbons (Fsp3) is 0.292. The largest absolute Gasteiger partial charge is 0.337 e. The van der Waals surface area contributed by atoms with Crippen molar-refractivity contribution < 1.29 is 0 Å². The standard InChI is InChI=1S/C24H27N4S/c25-24-27-22-10-4-5-11-23(22)28(24,17-21-9-6-14-29-21)20-12-13-26-19(16-20)15-18-7-2-1-3-8-18/h1-11,14,19-20,26H,12-13,15-17H2,(H2,25,27)/q+1/t19-,20+,28?/m1/s1. The highest BCUT2D eigenvalue weighted by Crippen LogP contribution is 2.45. The van der Waals surface area contributed by atoms with E-state index in [0.717, 1.165) is 44.0 Å². The first kappa shape index (κ1) is 18.6. The van der Waals surface area contributed by atoms with Gasteiger partial charge in [-0.1, -0.05) is 48.5 Å². The van der Waals surface area contributed by atoms with E-state index in [9.17, 15) is 0 Å². The summed E-state index contributed by atoms with van der Waals surface area (Å²) in [5, 5.41) is 5.90. The quantitative estimate of drug-likeness (QED) is 0.613. The third-order valence-electron chi connectivity index (χ3n) is 6.36. The number of hydrogen-bond acceptors (Lipinski definition) is 4. The molecule has 2 aromatic carbocycles. The summed E-state index contributed by atoms with van der Waals surface area (Å²) in [7, 11) is 0. The van der Waals surface area contributed by atoms with Gasteiger partial charge in [-0.3, -0.25) is 0 Å². The Labute approximate surface area is 176 Å². The third-order valence-corrected chi connectivity index (χ3v) is 7.22. The molecule has 0 saturated carbocycles. The molecule has 0 spiro atoms. The van der Waals surface area contributed by atoms with Crippen LogP contribution in [0.2, 0.25) is 0 Å². The first-order valence-corrected chi connectivity index (χ1v) is 11.3. The van der Waals surface area contributed by atoms with E-state index in [1.807, 2.05) is 11.3 Å². The SMILES string of the molecule is NC1=Nc2ccccc2[N+]1(Cc1cccs1)[C@H]1CCN[C@H](Cc2ccccc2)C1. The van der Waals surface area contributed by atoms with Crippen LogP contribution >= 0.6 is 11.3 Å². The van der Waals surface area contributed by atoms with Gasteiger partial charge in [-0.05, 0) is 29.5 Å². The molecular formula is C24H27N4S+. The average Bonchev–Trinajstić information content (AvgIpc) is 3.36. The van der Waals surface area contributed by atoms with Gasteiger partial charge < -0.3 is 11.1 Å². The second kappa shape index (κ2) is 7.75. The molecule has 2 aliphatic heterocycles. The lowest BCUT2D eigenvalue weighted by molar-refractivity contribution is 0.216. The zero-order valence-electron chi connectivity index (χ0n) is 16.5. The summed E-state index contributed by atoms with van der Waals surface area (Å²) in [5.41, 5.74) is 10.4. The van der Waals surface area contributed by atoms with E-state index in [4.69, 9.17) is 10.7 Å². The third kappa shape index (κ3) is 3.39. The molecule has 1 aromatic heterocycles. The molecule has 0 amide bonds. The molecule has 3 heterocycles. The highest BCUT2D eigenvalue weighted by Gasteiger charge is 2.50. The summed E-state index contributed by atoms with van der Waals surface area (Å²) in [4.78, 5) is 6.18. The number of nitrogens with zero attached hydrogens (tertiary/aromatic N) is 2. The van der Waals surface area contributed by atoms with Crippen LogP contribution in [0.5, 0.6) is 0 Å². The molecule has 4 nitrogen and oxygen atoms in total. The Bertz CT molecular complexity index is 999. The molecule has 5 heteroatoms. The second-order valence-corrected chi connectivity index (χ2v) is 9.12. The number of quaternary nitrogens is 1. The minimum atomic E-state index is 0.416. The number of thiophene rings is 1. The van der Waals surface area contributed by atoms with Gasteiger partial charge >= 0.3 is 5.96 Å². The predicted molar refractivity (Wildman–Crippen MR) is 123 cm³/mol. The molecule has 148 valence electrons. The van der Waals surface area contributed by atoms with Crippen LogP contribution in [0.15, 0.2) is 77.1 Å². The lowest BCUT2D eigenvalue weighted by Crippen LogP contribution is -2.65. The number of para-hydroxylation sites is 2. The molecule has 1 unspecified atom stereocenters. The van der Waals surface area contributed by atoms with E-state index >= 15 is 0 Å². The molecule has 1 fully saturated rings. The van der Waals surface area contributed by atoms with Crippen molar-refractivity contribution in [3.8, 4) is 0 Å². The van der Waals surface area contributed by atoms with Crippen molar-refractivity contribution in [3.05, 3.63) is 82.6 Å². The van der Waals surface area contributed by atoms with Crippen molar-refractivity contribution in [2.24, 2.45) is 10.7 Å². The van der Waals surface area contributed by atoms with Gasteiger partial charge in [-0.25, -0.2) is 4.48 Å². The Morgan fingerprint density at radius 1 is 1.03 bits per heavy atom. The van der Waals surface area contributed by atoms with Crippen LogP contribution < -0.4 is 15.5 Å². The maximum absolute atomic E-state index is 6.72. The molecule has 3 N–H and O–H groups in total. The van der Waals surface area contributed by atoms with Crippen LogP contribution in [0.25, 0.3) is 0 Å². The highest BCUT2D eigenvalue weighted by atomic mass is 32.1. The maximum Gasteiger partial charge on any atom is 0.306 e. The fourth-order valence-corrected chi connectivity index (χ4v) is 5.76. The number of hydrogen-bond donors (Lipinski definition) is 2.